The second kappa shape index (κ2) is 3.50. The van der Waals surface area contributed by atoms with Crippen LogP contribution in [0.4, 0.5) is 5.82 Å². The number of anilines is 1. The van der Waals surface area contributed by atoms with Crippen molar-refractivity contribution in [1.82, 2.24) is 10.1 Å². The Bertz CT molecular complexity index is 477. The van der Waals surface area contributed by atoms with Crippen molar-refractivity contribution in [2.75, 3.05) is 5.73 Å². The fourth-order valence-corrected chi connectivity index (χ4v) is 2.73. The fourth-order valence-electron chi connectivity index (χ4n) is 1.17. The minimum atomic E-state index is 0.436. The van der Waals surface area contributed by atoms with Gasteiger partial charge in [0.15, 0.2) is 11.6 Å². The third-order valence-corrected chi connectivity index (χ3v) is 3.88. The van der Waals surface area contributed by atoms with E-state index in [2.05, 4.69) is 32.7 Å². The van der Waals surface area contributed by atoms with Crippen molar-refractivity contribution in [2.24, 2.45) is 0 Å². The first kappa shape index (κ1) is 9.91. The topological polar surface area (TPSA) is 64.9 Å². The van der Waals surface area contributed by atoms with Gasteiger partial charge in [0, 0.05) is 0 Å². The average molecular weight is 321 g/mol. The van der Waals surface area contributed by atoms with Gasteiger partial charge < -0.3 is 10.3 Å². The highest BCUT2D eigenvalue weighted by atomic mass is 127. The van der Waals surface area contributed by atoms with Crippen molar-refractivity contribution < 1.29 is 4.52 Å². The number of nitrogens with two attached hydrogens (primary N) is 1. The molecule has 0 aromatic carbocycles. The molecule has 4 nitrogen and oxygen atoms in total. The molecule has 0 fully saturated rings. The fraction of sp³-hybridized carbons (Fsp3) is 0.250. The second-order valence-electron chi connectivity index (χ2n) is 2.86. The lowest BCUT2D eigenvalue weighted by Gasteiger charge is -1.91. The summed E-state index contributed by atoms with van der Waals surface area (Å²) in [5, 5.41) is 4.73. The molecule has 0 aliphatic heterocycles. The molecule has 0 aliphatic rings. The highest BCUT2D eigenvalue weighted by molar-refractivity contribution is 14.1. The average Bonchev–Trinajstić information content (AvgIpc) is 2.59. The number of nitrogen functional groups attached to an aromatic ring is 1. The summed E-state index contributed by atoms with van der Waals surface area (Å²) in [6, 6.07) is 0. The molecule has 2 aromatic rings. The van der Waals surface area contributed by atoms with Crippen LogP contribution in [0.3, 0.4) is 0 Å². The highest BCUT2D eigenvalue weighted by Crippen LogP contribution is 2.34. The highest BCUT2D eigenvalue weighted by Gasteiger charge is 2.17. The van der Waals surface area contributed by atoms with Crippen molar-refractivity contribution in [2.45, 2.75) is 13.8 Å². The molecule has 0 amide bonds. The summed E-state index contributed by atoms with van der Waals surface area (Å²) >= 11 is 3.72. The molecule has 74 valence electrons. The molecular formula is C8H8IN3OS. The van der Waals surface area contributed by atoms with Crippen LogP contribution in [-0.4, -0.2) is 10.1 Å². The minimum Gasteiger partial charge on any atom is -0.380 e. The Labute approximate surface area is 98.6 Å². The maximum atomic E-state index is 5.61. The molecule has 0 unspecified atom stereocenters. The van der Waals surface area contributed by atoms with Gasteiger partial charge in [-0.3, -0.25) is 0 Å². The van der Waals surface area contributed by atoms with Crippen LogP contribution in [0.15, 0.2) is 4.52 Å². The van der Waals surface area contributed by atoms with Gasteiger partial charge in [-0.2, -0.15) is 0 Å². The minimum absolute atomic E-state index is 0.436. The first-order valence-electron chi connectivity index (χ1n) is 3.94. The standard InChI is InChI=1S/C8H8IN3OS/c1-3-7(14-4(2)11-3)6-5(9)8(10)12-13-6/h1-2H3,(H2,10,12). The van der Waals surface area contributed by atoms with E-state index in [0.717, 1.165) is 24.9 Å². The van der Waals surface area contributed by atoms with Gasteiger partial charge in [0.05, 0.1) is 15.6 Å². The van der Waals surface area contributed by atoms with Crippen molar-refractivity contribution in [1.29, 1.82) is 0 Å². The Morgan fingerprint density at radius 1 is 1.43 bits per heavy atom. The zero-order valence-corrected chi connectivity index (χ0v) is 10.6. The summed E-state index contributed by atoms with van der Waals surface area (Å²) in [6.07, 6.45) is 0. The molecule has 0 aliphatic carbocycles. The van der Waals surface area contributed by atoms with Crippen LogP contribution in [0, 0.1) is 17.4 Å². The Hall–Kier alpha value is -0.630. The Balaban J connectivity index is 2.59. The number of nitrogens with zero attached hydrogens (tertiary/aromatic N) is 2. The molecule has 2 aromatic heterocycles. The number of hydrogen-bond acceptors (Lipinski definition) is 5. The van der Waals surface area contributed by atoms with Gasteiger partial charge >= 0.3 is 0 Å². The van der Waals surface area contributed by atoms with E-state index in [9.17, 15) is 0 Å². The molecular weight excluding hydrogens is 313 g/mol. The number of hydrogen-bond donors (Lipinski definition) is 1. The van der Waals surface area contributed by atoms with Crippen LogP contribution in [0.1, 0.15) is 10.7 Å². The van der Waals surface area contributed by atoms with Gasteiger partial charge in [0.25, 0.3) is 0 Å². The Kier molecular flexibility index (Phi) is 2.48. The maximum Gasteiger partial charge on any atom is 0.194 e. The molecule has 2 heterocycles. The number of rotatable bonds is 1. The van der Waals surface area contributed by atoms with E-state index >= 15 is 0 Å². The predicted octanol–water partition coefficient (Wildman–Crippen LogP) is 2.60. The second-order valence-corrected chi connectivity index (χ2v) is 5.14. The molecule has 6 heteroatoms. The molecule has 2 N–H and O–H groups in total. The van der Waals surface area contributed by atoms with E-state index in [1.165, 1.54) is 0 Å². The third kappa shape index (κ3) is 1.52. The summed E-state index contributed by atoms with van der Waals surface area (Å²) in [5.41, 5.74) is 6.57. The van der Waals surface area contributed by atoms with Crippen molar-refractivity contribution in [3.05, 3.63) is 14.3 Å². The molecule has 2 rings (SSSR count). The summed E-state index contributed by atoms with van der Waals surface area (Å²) in [4.78, 5) is 5.33. The van der Waals surface area contributed by atoms with E-state index in [1.807, 2.05) is 13.8 Å². The molecule has 0 atom stereocenters. The molecule has 0 spiro atoms. The summed E-state index contributed by atoms with van der Waals surface area (Å²) < 4.78 is 6.02. The van der Waals surface area contributed by atoms with Gasteiger partial charge in [0.1, 0.15) is 3.57 Å². The largest absolute Gasteiger partial charge is 0.380 e. The molecule has 0 radical (unpaired) electrons. The summed E-state index contributed by atoms with van der Waals surface area (Å²) in [5.74, 6) is 1.16. The van der Waals surface area contributed by atoms with Crippen LogP contribution < -0.4 is 5.73 Å². The molecule has 0 saturated heterocycles. The van der Waals surface area contributed by atoms with Gasteiger partial charge in [-0.15, -0.1) is 11.3 Å². The molecule has 0 bridgehead atoms. The summed E-state index contributed by atoms with van der Waals surface area (Å²) in [7, 11) is 0. The van der Waals surface area contributed by atoms with Crippen molar-refractivity contribution in [3.63, 3.8) is 0 Å². The van der Waals surface area contributed by atoms with Gasteiger partial charge in [-0.05, 0) is 36.4 Å². The van der Waals surface area contributed by atoms with Crippen LogP contribution >= 0.6 is 33.9 Å². The number of aryl methyl sites for hydroxylation is 2. The van der Waals surface area contributed by atoms with Crippen LogP contribution in [0.2, 0.25) is 0 Å². The van der Waals surface area contributed by atoms with E-state index < -0.39 is 0 Å². The van der Waals surface area contributed by atoms with Crippen LogP contribution in [-0.2, 0) is 0 Å². The van der Waals surface area contributed by atoms with Crippen molar-refractivity contribution >= 4 is 39.7 Å². The molecule has 0 saturated carbocycles. The Morgan fingerprint density at radius 2 is 2.14 bits per heavy atom. The lowest BCUT2D eigenvalue weighted by Crippen LogP contribution is -1.86. The van der Waals surface area contributed by atoms with Gasteiger partial charge in [-0.1, -0.05) is 5.16 Å². The lowest BCUT2D eigenvalue weighted by atomic mass is 10.3. The predicted molar refractivity (Wildman–Crippen MR) is 64.2 cm³/mol. The molecule has 14 heavy (non-hydrogen) atoms. The number of thiazole rings is 1. The smallest absolute Gasteiger partial charge is 0.194 e. The number of aromatic nitrogens is 2. The van der Waals surface area contributed by atoms with E-state index in [-0.39, 0.29) is 0 Å². The number of halogens is 1. The lowest BCUT2D eigenvalue weighted by molar-refractivity contribution is 0.436. The first-order chi connectivity index (χ1) is 6.59. The monoisotopic (exact) mass is 321 g/mol. The normalized spacial score (nSPS) is 10.8. The van der Waals surface area contributed by atoms with E-state index in [0.29, 0.717) is 5.82 Å². The van der Waals surface area contributed by atoms with E-state index in [1.54, 1.807) is 11.3 Å². The van der Waals surface area contributed by atoms with Gasteiger partial charge in [-0.25, -0.2) is 4.98 Å². The van der Waals surface area contributed by atoms with Crippen LogP contribution in [0.5, 0.6) is 0 Å². The summed E-state index contributed by atoms with van der Waals surface area (Å²) in [6.45, 7) is 3.92. The van der Waals surface area contributed by atoms with E-state index in [4.69, 9.17) is 10.3 Å². The maximum absolute atomic E-state index is 5.61. The zero-order valence-electron chi connectivity index (χ0n) is 7.67. The Morgan fingerprint density at radius 3 is 2.57 bits per heavy atom. The first-order valence-corrected chi connectivity index (χ1v) is 5.84. The quantitative estimate of drug-likeness (QED) is 0.820. The van der Waals surface area contributed by atoms with Crippen molar-refractivity contribution in [3.8, 4) is 10.6 Å². The zero-order chi connectivity index (χ0) is 10.3. The third-order valence-electron chi connectivity index (χ3n) is 1.77. The van der Waals surface area contributed by atoms with Gasteiger partial charge in [0.2, 0.25) is 0 Å². The SMILES string of the molecule is Cc1nc(C)c(-c2onc(N)c2I)s1. The van der Waals surface area contributed by atoms with Crippen LogP contribution in [0.25, 0.3) is 10.6 Å².